The Kier molecular flexibility index (Phi) is 12.7. The molecule has 370 valence electrons. The maximum absolute atomic E-state index is 12.8. The molecule has 26 heteroatoms. The average molecular weight is 1060 g/mol. The summed E-state index contributed by atoms with van der Waals surface area (Å²) in [6.07, 6.45) is 0. The zero-order valence-corrected chi connectivity index (χ0v) is 40.2. The summed E-state index contributed by atoms with van der Waals surface area (Å²) in [5, 5.41) is 51.1. The van der Waals surface area contributed by atoms with Crippen molar-refractivity contribution in [1.29, 1.82) is 0 Å². The maximum Gasteiger partial charge on any atom is 0.296 e. The van der Waals surface area contributed by atoms with E-state index in [9.17, 15) is 62.1 Å². The molecule has 0 unspecified atom stereocenters. The van der Waals surface area contributed by atoms with E-state index in [1.54, 1.807) is 30.3 Å². The molecule has 9 aromatic carbocycles. The Morgan fingerprint density at radius 1 is 0.397 bits per heavy atom. The average Bonchev–Trinajstić information content (AvgIpc) is 3.34. The summed E-state index contributed by atoms with van der Waals surface area (Å²) in [5.41, 5.74) is -0.0257. The van der Waals surface area contributed by atoms with Gasteiger partial charge in [0.15, 0.2) is 11.5 Å². The summed E-state index contributed by atoms with van der Waals surface area (Å²) < 4.78 is 145. The lowest BCUT2D eigenvalue weighted by atomic mass is 10.1. The lowest BCUT2D eigenvalue weighted by molar-refractivity contribution is 0.415. The molecule has 0 fully saturated rings. The molecule has 0 amide bonds. The van der Waals surface area contributed by atoms with E-state index >= 15 is 0 Å². The Balaban J connectivity index is 1.12. The van der Waals surface area contributed by atoms with Gasteiger partial charge in [-0.05, 0) is 109 Å². The summed E-state index contributed by atoms with van der Waals surface area (Å²) in [6, 6.07) is 31.3. The van der Waals surface area contributed by atoms with E-state index in [0.29, 0.717) is 17.1 Å². The van der Waals surface area contributed by atoms with Crippen LogP contribution < -0.4 is 10.1 Å². The first-order valence-corrected chi connectivity index (χ1v) is 26.5. The predicted octanol–water partition coefficient (Wildman–Crippen LogP) is 11.7. The highest BCUT2D eigenvalue weighted by atomic mass is 32.2. The van der Waals surface area contributed by atoms with Crippen LogP contribution in [0.3, 0.4) is 0 Å². The standard InChI is InChI=1S/C47H33N7O15S4/c1-69-28-9-6-26(7-10-28)48-27-8-13-31-25(20-27)21-44(73(66,67)68)45(47(31)56)54-52-41-19-17-38(33-15-12-30(23-37(33)41)71(60,61)62)49-51-40-18-16-39(32-14-11-29(22-36(32)40)70(57,58)59)50-53-42-24-43(72(63,64)65)34-4-2-3-5-35(34)46(42)55/h2-24,48,55-56H,1H3,(H,57,58,59)(H,60,61,62)(H,63,64,65)(H,66,67,68). The highest BCUT2D eigenvalue weighted by Crippen LogP contribution is 2.45. The molecule has 0 radical (unpaired) electrons. The van der Waals surface area contributed by atoms with E-state index in [1.807, 2.05) is 0 Å². The van der Waals surface area contributed by atoms with Crippen molar-refractivity contribution in [3.8, 4) is 17.2 Å². The second kappa shape index (κ2) is 18.7. The minimum atomic E-state index is -5.09. The number of nitrogens with one attached hydrogen (secondary N) is 1. The molecule has 0 aliphatic rings. The number of phenolic OH excluding ortho intramolecular Hbond substituents is 2. The van der Waals surface area contributed by atoms with Crippen LogP contribution in [0.5, 0.6) is 17.2 Å². The van der Waals surface area contributed by atoms with Crippen molar-refractivity contribution in [3.63, 3.8) is 0 Å². The smallest absolute Gasteiger partial charge is 0.296 e. The minimum absolute atomic E-state index is 0.00955. The number of ether oxygens (including phenoxy) is 1. The maximum atomic E-state index is 12.8. The third-order valence-corrected chi connectivity index (χ3v) is 14.7. The van der Waals surface area contributed by atoms with Crippen LogP contribution in [0.4, 0.5) is 45.5 Å². The van der Waals surface area contributed by atoms with Crippen LogP contribution in [0, 0.1) is 0 Å². The van der Waals surface area contributed by atoms with Gasteiger partial charge < -0.3 is 20.3 Å². The molecule has 7 N–H and O–H groups in total. The van der Waals surface area contributed by atoms with Crippen molar-refractivity contribution in [1.82, 2.24) is 0 Å². The number of nitrogens with zero attached hydrogens (tertiary/aromatic N) is 6. The highest BCUT2D eigenvalue weighted by molar-refractivity contribution is 7.86. The van der Waals surface area contributed by atoms with E-state index < -0.39 is 77.2 Å². The predicted molar refractivity (Wildman–Crippen MR) is 267 cm³/mol. The van der Waals surface area contributed by atoms with Crippen molar-refractivity contribution >= 4 is 129 Å². The van der Waals surface area contributed by atoms with Gasteiger partial charge >= 0.3 is 0 Å². The molecular weight excluding hydrogens is 1030 g/mol. The van der Waals surface area contributed by atoms with Gasteiger partial charge in [0.05, 0.1) is 39.7 Å². The first kappa shape index (κ1) is 49.6. The second-order valence-electron chi connectivity index (χ2n) is 15.8. The molecule has 0 aliphatic carbocycles. The number of rotatable bonds is 13. The lowest BCUT2D eigenvalue weighted by Crippen LogP contribution is -1.99. The minimum Gasteiger partial charge on any atom is -0.505 e. The zero-order valence-electron chi connectivity index (χ0n) is 37.0. The number of aromatic hydroxyl groups is 2. The highest BCUT2D eigenvalue weighted by Gasteiger charge is 2.24. The van der Waals surface area contributed by atoms with E-state index in [1.165, 1.54) is 79.9 Å². The zero-order chi connectivity index (χ0) is 52.2. The quantitative estimate of drug-likeness (QED) is 0.0416. The molecule has 0 saturated carbocycles. The van der Waals surface area contributed by atoms with Crippen molar-refractivity contribution < 1.29 is 66.8 Å². The van der Waals surface area contributed by atoms with Gasteiger partial charge in [-0.15, -0.1) is 30.7 Å². The van der Waals surface area contributed by atoms with E-state index in [-0.39, 0.29) is 71.5 Å². The molecule has 9 rings (SSSR count). The van der Waals surface area contributed by atoms with Gasteiger partial charge in [-0.1, -0.05) is 36.4 Å². The molecule has 9 aromatic rings. The van der Waals surface area contributed by atoms with Crippen molar-refractivity contribution in [2.24, 2.45) is 30.7 Å². The van der Waals surface area contributed by atoms with Gasteiger partial charge in [-0.3, -0.25) is 18.2 Å². The Bertz CT molecular complexity index is 4370. The van der Waals surface area contributed by atoms with Gasteiger partial charge in [-0.25, -0.2) is 0 Å². The molecule has 0 heterocycles. The summed E-state index contributed by atoms with van der Waals surface area (Å²) >= 11 is 0. The van der Waals surface area contributed by atoms with Gasteiger partial charge in [0, 0.05) is 49.1 Å². The third kappa shape index (κ3) is 10.1. The topological polar surface area (TPSA) is 353 Å². The molecule has 0 aromatic heterocycles. The number of azo groups is 3. The van der Waals surface area contributed by atoms with Gasteiger partial charge in [-0.2, -0.15) is 33.7 Å². The molecule has 73 heavy (non-hydrogen) atoms. The number of fused-ring (bicyclic) bond motifs is 4. The van der Waals surface area contributed by atoms with Gasteiger partial charge in [0.25, 0.3) is 40.5 Å². The normalized spacial score (nSPS) is 12.8. The number of phenols is 2. The molecule has 22 nitrogen and oxygen atoms in total. The Morgan fingerprint density at radius 2 is 0.863 bits per heavy atom. The number of hydrogen-bond donors (Lipinski definition) is 7. The van der Waals surface area contributed by atoms with Crippen LogP contribution in [0.2, 0.25) is 0 Å². The number of benzene rings is 9. The van der Waals surface area contributed by atoms with Crippen LogP contribution in [0.15, 0.2) is 190 Å². The summed E-state index contributed by atoms with van der Waals surface area (Å²) in [4.78, 5) is -2.55. The van der Waals surface area contributed by atoms with Crippen molar-refractivity contribution in [2.75, 3.05) is 12.4 Å². The lowest BCUT2D eigenvalue weighted by Gasteiger charge is -2.12. The first-order chi connectivity index (χ1) is 34.5. The third-order valence-electron chi connectivity index (χ3n) is 11.2. The molecule has 0 saturated heterocycles. The summed E-state index contributed by atoms with van der Waals surface area (Å²) in [5.74, 6) is -0.541. The van der Waals surface area contributed by atoms with Crippen LogP contribution >= 0.6 is 0 Å². The Labute approximate surface area is 413 Å². The van der Waals surface area contributed by atoms with Gasteiger partial charge in [0.1, 0.15) is 26.9 Å². The fourth-order valence-corrected chi connectivity index (χ4v) is 10.1. The number of methoxy groups -OCH3 is 1. The number of anilines is 2. The molecular formula is C47H33N7O15S4. The van der Waals surface area contributed by atoms with Crippen LogP contribution in [-0.2, 0) is 40.5 Å². The summed E-state index contributed by atoms with van der Waals surface area (Å²) in [6.45, 7) is 0. The molecule has 0 bridgehead atoms. The molecule has 0 atom stereocenters. The Morgan fingerprint density at radius 3 is 1.37 bits per heavy atom. The Hall–Kier alpha value is -8.34. The second-order valence-corrected chi connectivity index (χ2v) is 21.4. The van der Waals surface area contributed by atoms with E-state index in [0.717, 1.165) is 36.4 Å². The monoisotopic (exact) mass is 1060 g/mol. The fraction of sp³-hybridized carbons (Fsp3) is 0.0213. The summed E-state index contributed by atoms with van der Waals surface area (Å²) in [7, 11) is -18.0. The van der Waals surface area contributed by atoms with E-state index in [4.69, 9.17) is 4.74 Å². The largest absolute Gasteiger partial charge is 0.505 e. The molecule has 0 aliphatic heterocycles. The number of hydrogen-bond acceptors (Lipinski definition) is 18. The molecule has 0 spiro atoms. The fourth-order valence-electron chi connectivity index (χ4n) is 7.75. The van der Waals surface area contributed by atoms with Crippen LogP contribution in [0.1, 0.15) is 0 Å². The van der Waals surface area contributed by atoms with Crippen molar-refractivity contribution in [2.45, 2.75) is 19.6 Å². The van der Waals surface area contributed by atoms with Crippen molar-refractivity contribution in [3.05, 3.63) is 140 Å². The van der Waals surface area contributed by atoms with E-state index in [2.05, 4.69) is 36.0 Å². The van der Waals surface area contributed by atoms with Gasteiger partial charge in [0.2, 0.25) is 0 Å². The SMILES string of the molecule is COc1ccc(Nc2ccc3c(O)c(N=Nc4ccc(N=Nc5ccc(N=Nc6cc(S(=O)(=O)O)c7ccccc7c6O)c6ccc(S(=O)(=O)O)cc56)c5ccc(S(=O)(=O)O)cc45)c(S(=O)(=O)O)cc3c2)cc1. The van der Waals surface area contributed by atoms with Crippen LogP contribution in [0.25, 0.3) is 43.1 Å². The van der Waals surface area contributed by atoms with Crippen LogP contribution in [-0.4, -0.2) is 69.2 Å². The first-order valence-electron chi connectivity index (χ1n) is 20.7.